The van der Waals surface area contributed by atoms with E-state index < -0.39 is 12.8 Å². The fourth-order valence-corrected chi connectivity index (χ4v) is 3.25. The predicted molar refractivity (Wildman–Crippen MR) is 62.4 cm³/mol. The molecule has 6 heteroatoms. The van der Waals surface area contributed by atoms with Gasteiger partial charge in [-0.25, -0.2) is 0 Å². The SMILES string of the molecule is CC1(C)C2CNCC2CN1CCOCC(F)(F)F. The van der Waals surface area contributed by atoms with E-state index in [1.807, 2.05) is 0 Å². The van der Waals surface area contributed by atoms with Crippen molar-refractivity contribution in [3.63, 3.8) is 0 Å². The summed E-state index contributed by atoms with van der Waals surface area (Å²) in [6, 6.07) is 0. The van der Waals surface area contributed by atoms with Crippen LogP contribution in [0.15, 0.2) is 0 Å². The zero-order valence-corrected chi connectivity index (χ0v) is 10.9. The lowest BCUT2D eigenvalue weighted by molar-refractivity contribution is -0.175. The van der Waals surface area contributed by atoms with Gasteiger partial charge in [-0.2, -0.15) is 13.2 Å². The Hall–Kier alpha value is -0.330. The third kappa shape index (κ3) is 2.97. The molecule has 0 aromatic rings. The molecule has 2 atom stereocenters. The van der Waals surface area contributed by atoms with Crippen LogP contribution in [0.4, 0.5) is 13.2 Å². The summed E-state index contributed by atoms with van der Waals surface area (Å²) in [7, 11) is 0. The maximum absolute atomic E-state index is 11.9. The van der Waals surface area contributed by atoms with Crippen LogP contribution in [-0.4, -0.2) is 56.0 Å². The largest absolute Gasteiger partial charge is 0.411 e. The van der Waals surface area contributed by atoms with Gasteiger partial charge in [-0.1, -0.05) is 0 Å². The summed E-state index contributed by atoms with van der Waals surface area (Å²) in [5, 5.41) is 3.38. The van der Waals surface area contributed by atoms with Crippen molar-refractivity contribution in [3.8, 4) is 0 Å². The van der Waals surface area contributed by atoms with E-state index in [0.29, 0.717) is 18.4 Å². The van der Waals surface area contributed by atoms with Crippen LogP contribution in [0, 0.1) is 11.8 Å². The molecule has 106 valence electrons. The highest BCUT2D eigenvalue weighted by Gasteiger charge is 2.49. The number of alkyl halides is 3. The number of likely N-dealkylation sites (tertiary alicyclic amines) is 1. The summed E-state index contributed by atoms with van der Waals surface area (Å²) in [5.41, 5.74) is 0.0513. The molecule has 2 aliphatic heterocycles. The molecule has 0 amide bonds. The molecule has 1 N–H and O–H groups in total. The average Bonchev–Trinajstić information content (AvgIpc) is 2.76. The molecule has 0 aromatic carbocycles. The van der Waals surface area contributed by atoms with Crippen molar-refractivity contribution in [1.29, 1.82) is 0 Å². The third-order valence-electron chi connectivity index (χ3n) is 4.29. The second-order valence-electron chi connectivity index (χ2n) is 5.79. The molecule has 2 heterocycles. The Morgan fingerprint density at radius 3 is 2.67 bits per heavy atom. The zero-order chi connectivity index (χ0) is 13.4. The summed E-state index contributed by atoms with van der Waals surface area (Å²) < 4.78 is 40.5. The van der Waals surface area contributed by atoms with Gasteiger partial charge in [0, 0.05) is 25.2 Å². The number of hydrogen-bond acceptors (Lipinski definition) is 3. The zero-order valence-electron chi connectivity index (χ0n) is 10.9. The molecule has 0 bridgehead atoms. The van der Waals surface area contributed by atoms with E-state index in [9.17, 15) is 13.2 Å². The number of halogens is 3. The first kappa shape index (κ1) is 14.1. The molecule has 2 unspecified atom stereocenters. The van der Waals surface area contributed by atoms with E-state index in [1.54, 1.807) is 0 Å². The highest BCUT2D eigenvalue weighted by atomic mass is 19.4. The Labute approximate surface area is 106 Å². The molecule has 0 radical (unpaired) electrons. The van der Waals surface area contributed by atoms with Gasteiger partial charge in [-0.05, 0) is 32.2 Å². The summed E-state index contributed by atoms with van der Waals surface area (Å²) in [6.07, 6.45) is -4.22. The number of ether oxygens (including phenoxy) is 1. The Kier molecular flexibility index (Phi) is 3.90. The van der Waals surface area contributed by atoms with Gasteiger partial charge in [0.1, 0.15) is 6.61 Å². The highest BCUT2D eigenvalue weighted by molar-refractivity contribution is 5.04. The van der Waals surface area contributed by atoms with Crippen molar-refractivity contribution in [2.75, 3.05) is 39.4 Å². The maximum atomic E-state index is 11.9. The number of fused-ring (bicyclic) bond motifs is 1. The molecule has 2 rings (SSSR count). The molecule has 0 saturated carbocycles. The molecule has 3 nitrogen and oxygen atoms in total. The van der Waals surface area contributed by atoms with E-state index in [0.717, 1.165) is 19.6 Å². The van der Waals surface area contributed by atoms with Crippen molar-refractivity contribution in [2.45, 2.75) is 25.6 Å². The minimum Gasteiger partial charge on any atom is -0.371 e. The van der Waals surface area contributed by atoms with Crippen LogP contribution in [-0.2, 0) is 4.74 Å². The lowest BCUT2D eigenvalue weighted by Crippen LogP contribution is -2.45. The lowest BCUT2D eigenvalue weighted by atomic mass is 9.85. The average molecular weight is 266 g/mol. The van der Waals surface area contributed by atoms with E-state index in [2.05, 4.69) is 24.1 Å². The van der Waals surface area contributed by atoms with Gasteiger partial charge in [-0.3, -0.25) is 4.90 Å². The monoisotopic (exact) mass is 266 g/mol. The molecule has 2 fully saturated rings. The second kappa shape index (κ2) is 4.98. The Bertz CT molecular complexity index is 294. The fraction of sp³-hybridized carbons (Fsp3) is 1.00. The molecular weight excluding hydrogens is 245 g/mol. The lowest BCUT2D eigenvalue weighted by Gasteiger charge is -2.35. The fourth-order valence-electron chi connectivity index (χ4n) is 3.25. The molecule has 0 spiro atoms. The van der Waals surface area contributed by atoms with Crippen molar-refractivity contribution >= 4 is 0 Å². The number of nitrogens with zero attached hydrogens (tertiary/aromatic N) is 1. The smallest absolute Gasteiger partial charge is 0.371 e. The van der Waals surface area contributed by atoms with Crippen LogP contribution in [0.2, 0.25) is 0 Å². The topological polar surface area (TPSA) is 24.5 Å². The van der Waals surface area contributed by atoms with Crippen LogP contribution in [0.5, 0.6) is 0 Å². The van der Waals surface area contributed by atoms with Gasteiger partial charge < -0.3 is 10.1 Å². The van der Waals surface area contributed by atoms with Crippen LogP contribution in [0.3, 0.4) is 0 Å². The van der Waals surface area contributed by atoms with E-state index in [1.165, 1.54) is 0 Å². The molecule has 0 aliphatic carbocycles. The van der Waals surface area contributed by atoms with Crippen molar-refractivity contribution in [3.05, 3.63) is 0 Å². The molecule has 18 heavy (non-hydrogen) atoms. The number of rotatable bonds is 4. The van der Waals surface area contributed by atoms with Crippen molar-refractivity contribution in [1.82, 2.24) is 10.2 Å². The first-order valence-electron chi connectivity index (χ1n) is 6.41. The van der Waals surface area contributed by atoms with Gasteiger partial charge >= 0.3 is 6.18 Å². The molecular formula is C12H21F3N2O. The van der Waals surface area contributed by atoms with E-state index in [4.69, 9.17) is 4.74 Å². The Morgan fingerprint density at radius 1 is 1.33 bits per heavy atom. The molecule has 0 aromatic heterocycles. The quantitative estimate of drug-likeness (QED) is 0.780. The molecule has 2 aliphatic rings. The first-order chi connectivity index (χ1) is 8.31. The van der Waals surface area contributed by atoms with Crippen molar-refractivity contribution < 1.29 is 17.9 Å². The standard InChI is InChI=1S/C12H21F3N2O/c1-11(2)10-6-16-5-9(10)7-17(11)3-4-18-8-12(13,14)15/h9-10,16H,3-8H2,1-2H3. The van der Waals surface area contributed by atoms with Crippen LogP contribution in [0.1, 0.15) is 13.8 Å². The van der Waals surface area contributed by atoms with Gasteiger partial charge in [0.15, 0.2) is 0 Å². The van der Waals surface area contributed by atoms with Crippen molar-refractivity contribution in [2.24, 2.45) is 11.8 Å². The predicted octanol–water partition coefficient (Wildman–Crippen LogP) is 1.50. The summed E-state index contributed by atoms with van der Waals surface area (Å²) >= 11 is 0. The summed E-state index contributed by atoms with van der Waals surface area (Å²) in [6.45, 7) is 6.93. The van der Waals surface area contributed by atoms with Gasteiger partial charge in [0.2, 0.25) is 0 Å². The Morgan fingerprint density at radius 2 is 2.06 bits per heavy atom. The molecule has 2 saturated heterocycles. The summed E-state index contributed by atoms with van der Waals surface area (Å²) in [4.78, 5) is 2.26. The number of hydrogen-bond donors (Lipinski definition) is 1. The maximum Gasteiger partial charge on any atom is 0.411 e. The normalized spacial score (nSPS) is 31.8. The number of nitrogens with one attached hydrogen (secondary N) is 1. The van der Waals surface area contributed by atoms with Gasteiger partial charge in [-0.15, -0.1) is 0 Å². The van der Waals surface area contributed by atoms with E-state index >= 15 is 0 Å². The summed E-state index contributed by atoms with van der Waals surface area (Å²) in [5.74, 6) is 1.22. The van der Waals surface area contributed by atoms with E-state index in [-0.39, 0.29) is 12.1 Å². The third-order valence-corrected chi connectivity index (χ3v) is 4.29. The second-order valence-corrected chi connectivity index (χ2v) is 5.79. The van der Waals surface area contributed by atoms with Gasteiger partial charge in [0.25, 0.3) is 0 Å². The van der Waals surface area contributed by atoms with Gasteiger partial charge in [0.05, 0.1) is 6.61 Å². The minimum atomic E-state index is -4.22. The van der Waals surface area contributed by atoms with Crippen LogP contribution in [0.25, 0.3) is 0 Å². The Balaban J connectivity index is 1.77. The van der Waals surface area contributed by atoms with Crippen LogP contribution < -0.4 is 5.32 Å². The first-order valence-corrected chi connectivity index (χ1v) is 6.41. The minimum absolute atomic E-state index is 0.0513. The highest BCUT2D eigenvalue weighted by Crippen LogP contribution is 2.40. The van der Waals surface area contributed by atoms with Crippen LogP contribution >= 0.6 is 0 Å².